The molecule has 3 aromatic rings. The molecule has 0 bridgehead atoms. The van der Waals surface area contributed by atoms with Crippen molar-refractivity contribution in [2.75, 3.05) is 0 Å². The number of hydrogen-bond donors (Lipinski definition) is 0. The van der Waals surface area contributed by atoms with Crippen molar-refractivity contribution >= 4 is 51.3 Å². The van der Waals surface area contributed by atoms with Gasteiger partial charge < -0.3 is 24.8 Å². The van der Waals surface area contributed by atoms with Crippen LogP contribution >= 0.6 is 0 Å². The van der Waals surface area contributed by atoms with E-state index in [-0.39, 0.29) is 24.8 Å². The van der Waals surface area contributed by atoms with Crippen molar-refractivity contribution in [3.8, 4) is 0 Å². The number of allylic oxidation sites excluding steroid dienone is 4. The SMILES string of the molecule is CCCC[C](=[Zr+2])CCCC.CCCCc1c(C)c([Si](C)(C)C)cc2c1[cH-]c1cc(C)c([Si](C)(C)C)cc12.[C-]1=CC=CC1.[Cl-].[Cl-]. The van der Waals surface area contributed by atoms with Gasteiger partial charge in [-0.25, -0.2) is 12.2 Å². The van der Waals surface area contributed by atoms with Crippen LogP contribution in [0.15, 0.2) is 42.5 Å². The van der Waals surface area contributed by atoms with E-state index in [9.17, 15) is 0 Å². The van der Waals surface area contributed by atoms with Crippen LogP contribution < -0.4 is 35.2 Å². The van der Waals surface area contributed by atoms with Crippen molar-refractivity contribution in [2.24, 2.45) is 0 Å². The third-order valence-electron chi connectivity index (χ3n) is 8.39. The number of fused-ring (bicyclic) bond motifs is 3. The first kappa shape index (κ1) is 43.6. The van der Waals surface area contributed by atoms with Crippen molar-refractivity contribution in [1.29, 1.82) is 0 Å². The second kappa shape index (κ2) is 20.7. The molecule has 5 heteroatoms. The van der Waals surface area contributed by atoms with Crippen LogP contribution in [-0.2, 0) is 30.7 Å². The van der Waals surface area contributed by atoms with Crippen molar-refractivity contribution in [1.82, 2.24) is 0 Å². The molecule has 0 heterocycles. The minimum absolute atomic E-state index is 0. The summed E-state index contributed by atoms with van der Waals surface area (Å²) in [6.45, 7) is 26.4. The standard InChI is InChI=1S/C25H37Si2.C9H18.C5H5.2ClH.Zr/c1-10-11-12-20-18(3)25(27(7,8)9)16-23-21-15-24(26(4,5)6)17(2)13-19(21)14-22(20)23;1-3-5-7-9-8-6-4-2;1-2-4-5-3-1;;;/h13-16H,10-12H2,1-9H3;3-8H2,1-2H3;1-3H,4H2;2*1H;/q-1;;-1;;;+2/p-2. The maximum absolute atomic E-state index is 2.99. The summed E-state index contributed by atoms with van der Waals surface area (Å²) in [6.07, 6.45) is 22.1. The van der Waals surface area contributed by atoms with E-state index in [1.165, 1.54) is 84.9 Å². The monoisotopic (exact) mass is 744 g/mol. The first-order valence-corrected chi connectivity index (χ1v) is 24.9. The Labute approximate surface area is 301 Å². The fourth-order valence-electron chi connectivity index (χ4n) is 5.99. The third-order valence-corrected chi connectivity index (χ3v) is 13.9. The Balaban J connectivity index is 0.000000902. The largest absolute Gasteiger partial charge is 1.00 e. The van der Waals surface area contributed by atoms with E-state index in [0.29, 0.717) is 0 Å². The van der Waals surface area contributed by atoms with Gasteiger partial charge in [0.1, 0.15) is 0 Å². The molecule has 0 atom stereocenters. The molecule has 0 aromatic heterocycles. The van der Waals surface area contributed by atoms with E-state index in [0.717, 1.165) is 6.42 Å². The smallest absolute Gasteiger partial charge is 0.0762 e. The van der Waals surface area contributed by atoms with Crippen molar-refractivity contribution in [2.45, 2.75) is 138 Å². The molecule has 0 unspecified atom stereocenters. The molecule has 3 aromatic carbocycles. The zero-order valence-electron chi connectivity index (χ0n) is 29.9. The van der Waals surface area contributed by atoms with E-state index in [2.05, 4.69) is 110 Å². The van der Waals surface area contributed by atoms with Crippen LogP contribution in [0.4, 0.5) is 0 Å². The number of unbranched alkanes of at least 4 members (excludes halogenated alkanes) is 3. The average molecular weight is 747 g/mol. The summed E-state index contributed by atoms with van der Waals surface area (Å²) in [5, 5.41) is 9.24. The summed E-state index contributed by atoms with van der Waals surface area (Å²) in [7, 11) is -2.72. The molecule has 0 aliphatic heterocycles. The molecule has 1 aliphatic rings. The van der Waals surface area contributed by atoms with Crippen LogP contribution in [0.1, 0.15) is 95.2 Å². The third kappa shape index (κ3) is 13.0. The van der Waals surface area contributed by atoms with Gasteiger partial charge in [0.15, 0.2) is 0 Å². The Kier molecular flexibility index (Phi) is 20.5. The number of benzene rings is 2. The molecule has 4 rings (SSSR count). The summed E-state index contributed by atoms with van der Waals surface area (Å²) in [5.41, 5.74) is 4.68. The fourth-order valence-corrected chi connectivity index (χ4v) is 10.5. The summed E-state index contributed by atoms with van der Waals surface area (Å²) in [4.78, 5) is 0. The fraction of sp³-hybridized carbons (Fsp3) is 0.538. The molecule has 1 aliphatic carbocycles. The number of aryl methyl sites for hydroxylation is 2. The zero-order valence-corrected chi connectivity index (χ0v) is 35.8. The molecule has 0 amide bonds. The quantitative estimate of drug-likeness (QED) is 0.188. The zero-order chi connectivity index (χ0) is 31.5. The molecule has 44 heavy (non-hydrogen) atoms. The number of halogens is 2. The molecule has 244 valence electrons. The first-order chi connectivity index (χ1) is 19.8. The molecule has 0 radical (unpaired) electrons. The van der Waals surface area contributed by atoms with E-state index in [1.807, 2.05) is 12.2 Å². The van der Waals surface area contributed by atoms with Gasteiger partial charge in [-0.1, -0.05) is 99.1 Å². The van der Waals surface area contributed by atoms with E-state index in [4.69, 9.17) is 0 Å². The van der Waals surface area contributed by atoms with Crippen LogP contribution in [-0.4, -0.2) is 19.4 Å². The van der Waals surface area contributed by atoms with Gasteiger partial charge in [-0.15, -0.1) is 45.7 Å². The second-order valence-electron chi connectivity index (χ2n) is 14.3. The van der Waals surface area contributed by atoms with Crippen molar-refractivity contribution in [3.63, 3.8) is 0 Å². The Hall–Kier alpha value is -0.443. The normalized spacial score (nSPS) is 12.3. The molecule has 0 N–H and O–H groups in total. The molecular formula is C39H60Cl2Si2Zr-2. The van der Waals surface area contributed by atoms with Crippen LogP contribution in [0.25, 0.3) is 21.5 Å². The maximum Gasteiger partial charge on any atom is 0.0762 e. The predicted octanol–water partition coefficient (Wildman–Crippen LogP) is 5.16. The van der Waals surface area contributed by atoms with Crippen molar-refractivity contribution in [3.05, 3.63) is 65.3 Å². The predicted molar refractivity (Wildman–Crippen MR) is 197 cm³/mol. The first-order valence-electron chi connectivity index (χ1n) is 16.7. The van der Waals surface area contributed by atoms with Gasteiger partial charge >= 0.3 is 79.8 Å². The Morgan fingerprint density at radius 3 is 1.77 bits per heavy atom. The summed E-state index contributed by atoms with van der Waals surface area (Å²) in [5.74, 6) is 0. The van der Waals surface area contributed by atoms with E-state index >= 15 is 0 Å². The molecular weight excluding hydrogens is 687 g/mol. The number of rotatable bonds is 11. The van der Waals surface area contributed by atoms with E-state index in [1.54, 1.807) is 48.9 Å². The molecule has 0 saturated carbocycles. The van der Waals surface area contributed by atoms with Gasteiger partial charge in [0.05, 0.1) is 16.1 Å². The van der Waals surface area contributed by atoms with E-state index < -0.39 is 16.1 Å². The van der Waals surface area contributed by atoms with Gasteiger partial charge in [-0.3, -0.25) is 6.08 Å². The maximum atomic E-state index is 2.99. The van der Waals surface area contributed by atoms with Gasteiger partial charge in [0.2, 0.25) is 0 Å². The van der Waals surface area contributed by atoms with Gasteiger partial charge in [-0.2, -0.15) is 6.08 Å². The van der Waals surface area contributed by atoms with Crippen LogP contribution in [0.2, 0.25) is 39.3 Å². The van der Waals surface area contributed by atoms with Crippen LogP contribution in [0.3, 0.4) is 0 Å². The van der Waals surface area contributed by atoms with Gasteiger partial charge in [0, 0.05) is 0 Å². The molecule has 0 spiro atoms. The van der Waals surface area contributed by atoms with Crippen LogP contribution in [0, 0.1) is 19.9 Å². The Morgan fingerprint density at radius 1 is 0.795 bits per heavy atom. The van der Waals surface area contributed by atoms with Crippen LogP contribution in [0.5, 0.6) is 0 Å². The molecule has 0 fully saturated rings. The van der Waals surface area contributed by atoms with Gasteiger partial charge in [-0.05, 0) is 13.8 Å². The Morgan fingerprint density at radius 2 is 1.34 bits per heavy atom. The topological polar surface area (TPSA) is 0 Å². The number of hydrogen-bond acceptors (Lipinski definition) is 0. The summed E-state index contributed by atoms with van der Waals surface area (Å²) in [6, 6.07) is 10.1. The summed E-state index contributed by atoms with van der Waals surface area (Å²) < 4.78 is 1.79. The summed E-state index contributed by atoms with van der Waals surface area (Å²) >= 11 is 1.67. The molecule has 0 saturated heterocycles. The Bertz CT molecular complexity index is 1350. The van der Waals surface area contributed by atoms with Crippen molar-refractivity contribution < 1.29 is 49.0 Å². The minimum atomic E-state index is -1.38. The second-order valence-corrected chi connectivity index (χ2v) is 26.1. The van der Waals surface area contributed by atoms with Gasteiger partial charge in [0.25, 0.3) is 0 Å². The average Bonchev–Trinajstić information content (AvgIpc) is 3.60. The molecule has 0 nitrogen and oxygen atoms in total. The minimum Gasteiger partial charge on any atom is -1.00 e.